The number of anilines is 1. The van der Waals surface area contributed by atoms with Crippen molar-refractivity contribution in [2.45, 2.75) is 58.2 Å². The summed E-state index contributed by atoms with van der Waals surface area (Å²) in [7, 11) is -1.65. The van der Waals surface area contributed by atoms with E-state index in [2.05, 4.69) is 67.2 Å². The number of rotatable bonds is 7. The lowest BCUT2D eigenvalue weighted by molar-refractivity contribution is 0.279. The number of aromatic nitrogens is 3. The summed E-state index contributed by atoms with van der Waals surface area (Å²) in [5, 5.41) is 8.45. The van der Waals surface area contributed by atoms with Gasteiger partial charge in [0.1, 0.15) is 5.82 Å². The molecule has 1 aromatic carbocycles. The van der Waals surface area contributed by atoms with Gasteiger partial charge in [0.15, 0.2) is 8.32 Å². The number of pyridine rings is 1. The van der Waals surface area contributed by atoms with Crippen LogP contribution in [0.4, 0.5) is 5.82 Å². The first kappa shape index (κ1) is 20.5. The van der Waals surface area contributed by atoms with Crippen molar-refractivity contribution in [2.75, 3.05) is 12.3 Å². The number of aromatic amines is 1. The zero-order valence-corrected chi connectivity index (χ0v) is 18.7. The van der Waals surface area contributed by atoms with Crippen LogP contribution in [0.25, 0.3) is 22.2 Å². The van der Waals surface area contributed by atoms with Gasteiger partial charge in [-0.15, -0.1) is 0 Å². The molecule has 0 radical (unpaired) electrons. The maximum absolute atomic E-state index is 6.26. The molecule has 0 aliphatic heterocycles. The topological polar surface area (TPSA) is 76.8 Å². The van der Waals surface area contributed by atoms with Crippen LogP contribution in [0.5, 0.6) is 0 Å². The first-order chi connectivity index (χ1) is 13.2. The highest BCUT2D eigenvalue weighted by atomic mass is 28.4. The first-order valence-corrected chi connectivity index (χ1v) is 12.9. The van der Waals surface area contributed by atoms with Gasteiger partial charge in [0.05, 0.1) is 11.2 Å². The van der Waals surface area contributed by atoms with Crippen molar-refractivity contribution in [3.8, 4) is 11.3 Å². The molecule has 5 nitrogen and oxygen atoms in total. The highest BCUT2D eigenvalue weighted by Gasteiger charge is 2.36. The summed E-state index contributed by atoms with van der Waals surface area (Å²) in [6.07, 6.45) is 4.84. The summed E-state index contributed by atoms with van der Waals surface area (Å²) in [5.74, 6) is 0.622. The maximum Gasteiger partial charge on any atom is 0.191 e. The van der Waals surface area contributed by atoms with Gasteiger partial charge in [-0.2, -0.15) is 5.10 Å². The lowest BCUT2D eigenvalue weighted by Crippen LogP contribution is -2.40. The van der Waals surface area contributed by atoms with Crippen LogP contribution in [0.2, 0.25) is 18.1 Å². The van der Waals surface area contributed by atoms with E-state index in [9.17, 15) is 0 Å². The van der Waals surface area contributed by atoms with Crippen LogP contribution >= 0.6 is 0 Å². The fourth-order valence-electron chi connectivity index (χ4n) is 2.97. The van der Waals surface area contributed by atoms with Crippen molar-refractivity contribution in [1.29, 1.82) is 0 Å². The van der Waals surface area contributed by atoms with Gasteiger partial charge < -0.3 is 10.2 Å². The fourth-order valence-corrected chi connectivity index (χ4v) is 4.06. The molecule has 0 saturated carbocycles. The number of hydrogen-bond donors (Lipinski definition) is 2. The molecule has 3 rings (SSSR count). The van der Waals surface area contributed by atoms with Crippen molar-refractivity contribution in [2.24, 2.45) is 0 Å². The molecule has 0 aliphatic rings. The summed E-state index contributed by atoms with van der Waals surface area (Å²) in [6.45, 7) is 12.3. The quantitative estimate of drug-likeness (QED) is 0.405. The van der Waals surface area contributed by atoms with E-state index in [1.54, 1.807) is 0 Å². The van der Waals surface area contributed by atoms with E-state index in [0.717, 1.165) is 53.6 Å². The van der Waals surface area contributed by atoms with Crippen LogP contribution in [-0.4, -0.2) is 30.1 Å². The Morgan fingerprint density at radius 3 is 2.57 bits per heavy atom. The Hall–Kier alpha value is -2.18. The van der Waals surface area contributed by atoms with Gasteiger partial charge in [-0.3, -0.25) is 5.10 Å². The number of benzene rings is 1. The van der Waals surface area contributed by atoms with Crippen LogP contribution in [0.15, 0.2) is 36.5 Å². The average Bonchev–Trinajstić information content (AvgIpc) is 3.15. The molecule has 0 fully saturated rings. The van der Waals surface area contributed by atoms with E-state index >= 15 is 0 Å². The standard InChI is InChI=1S/C22H32N4OSi/c1-22(2,3)28(4,5)27-13-7-6-8-18-14-16-9-10-17(19-11-12-24-26-19)15-20(16)25-21(18)23/h9-12,14-15H,6-8,13H2,1-5H3,(H2,23,25)(H,24,26). The molecule has 3 N–H and O–H groups in total. The third-order valence-corrected chi connectivity index (χ3v) is 10.4. The highest BCUT2D eigenvalue weighted by molar-refractivity contribution is 6.74. The third kappa shape index (κ3) is 4.62. The maximum atomic E-state index is 6.26. The number of unbranched alkanes of at least 4 members (excludes halogenated alkanes) is 1. The summed E-state index contributed by atoms with van der Waals surface area (Å²) >= 11 is 0. The number of fused-ring (bicyclic) bond motifs is 1. The predicted octanol–water partition coefficient (Wildman–Crippen LogP) is 5.55. The minimum atomic E-state index is -1.65. The molecule has 0 aliphatic carbocycles. The largest absolute Gasteiger partial charge is 0.417 e. The molecule has 0 spiro atoms. The molecular weight excluding hydrogens is 364 g/mol. The smallest absolute Gasteiger partial charge is 0.191 e. The van der Waals surface area contributed by atoms with Crippen LogP contribution in [-0.2, 0) is 10.8 Å². The van der Waals surface area contributed by atoms with Gasteiger partial charge in [0, 0.05) is 23.8 Å². The molecule has 6 heteroatoms. The molecule has 0 unspecified atom stereocenters. The molecule has 0 amide bonds. The number of nitrogens with two attached hydrogens (primary N) is 1. The molecule has 0 atom stereocenters. The van der Waals surface area contributed by atoms with Gasteiger partial charge in [0.2, 0.25) is 0 Å². The number of H-pyrrole nitrogens is 1. The normalized spacial score (nSPS) is 12.6. The van der Waals surface area contributed by atoms with Gasteiger partial charge in [-0.1, -0.05) is 32.9 Å². The highest BCUT2D eigenvalue weighted by Crippen LogP contribution is 2.36. The van der Waals surface area contributed by atoms with E-state index in [-0.39, 0.29) is 5.04 Å². The van der Waals surface area contributed by atoms with Crippen LogP contribution in [0, 0.1) is 0 Å². The zero-order valence-electron chi connectivity index (χ0n) is 17.7. The number of nitrogens with one attached hydrogen (secondary N) is 1. The van der Waals surface area contributed by atoms with Crippen molar-refractivity contribution < 1.29 is 4.43 Å². The molecule has 3 aromatic rings. The van der Waals surface area contributed by atoms with E-state index in [0.29, 0.717) is 5.82 Å². The van der Waals surface area contributed by atoms with Gasteiger partial charge in [-0.05, 0) is 61.2 Å². The van der Waals surface area contributed by atoms with Crippen molar-refractivity contribution in [1.82, 2.24) is 15.2 Å². The fraction of sp³-hybridized carbons (Fsp3) is 0.455. The monoisotopic (exact) mass is 396 g/mol. The van der Waals surface area contributed by atoms with Gasteiger partial charge >= 0.3 is 0 Å². The molecular formula is C22H32N4OSi. The number of nitrogen functional groups attached to an aromatic ring is 1. The summed E-state index contributed by atoms with van der Waals surface area (Å²) < 4.78 is 6.26. The minimum absolute atomic E-state index is 0.258. The van der Waals surface area contributed by atoms with E-state index in [1.807, 2.05) is 18.3 Å². The SMILES string of the molecule is CC(C)(C)[Si](C)(C)OCCCCc1cc2ccc(-c3cc[nH]n3)cc2nc1N. The summed E-state index contributed by atoms with van der Waals surface area (Å²) in [6, 6.07) is 10.3. The Balaban J connectivity index is 1.61. The van der Waals surface area contributed by atoms with Crippen LogP contribution in [0.3, 0.4) is 0 Å². The minimum Gasteiger partial charge on any atom is -0.417 e. The molecule has 28 heavy (non-hydrogen) atoms. The molecule has 0 saturated heterocycles. The zero-order chi connectivity index (χ0) is 20.4. The van der Waals surface area contributed by atoms with Crippen LogP contribution < -0.4 is 5.73 Å². The summed E-state index contributed by atoms with van der Waals surface area (Å²) in [4.78, 5) is 4.63. The van der Waals surface area contributed by atoms with E-state index in [4.69, 9.17) is 10.2 Å². The molecule has 0 bridgehead atoms. The van der Waals surface area contributed by atoms with Gasteiger partial charge in [0.25, 0.3) is 0 Å². The average molecular weight is 397 g/mol. The third-order valence-electron chi connectivity index (χ3n) is 5.84. The predicted molar refractivity (Wildman–Crippen MR) is 120 cm³/mol. The lowest BCUT2D eigenvalue weighted by Gasteiger charge is -2.36. The second-order valence-electron chi connectivity index (χ2n) is 8.97. The Labute approximate surface area is 168 Å². The molecule has 2 heterocycles. The Kier molecular flexibility index (Phi) is 5.91. The Morgan fingerprint density at radius 2 is 1.89 bits per heavy atom. The van der Waals surface area contributed by atoms with Gasteiger partial charge in [-0.25, -0.2) is 4.98 Å². The molecule has 150 valence electrons. The number of aryl methyl sites for hydroxylation is 1. The van der Waals surface area contributed by atoms with Crippen molar-refractivity contribution >= 4 is 25.0 Å². The lowest BCUT2D eigenvalue weighted by atomic mass is 10.0. The van der Waals surface area contributed by atoms with E-state index in [1.165, 1.54) is 0 Å². The van der Waals surface area contributed by atoms with E-state index < -0.39 is 8.32 Å². The second-order valence-corrected chi connectivity index (χ2v) is 13.8. The first-order valence-electron chi connectivity index (χ1n) is 10.0. The van der Waals surface area contributed by atoms with Crippen molar-refractivity contribution in [3.63, 3.8) is 0 Å². The number of nitrogens with zero attached hydrogens (tertiary/aromatic N) is 2. The Bertz CT molecular complexity index is 930. The summed E-state index contributed by atoms with van der Waals surface area (Å²) in [5.41, 5.74) is 10.2. The van der Waals surface area contributed by atoms with Crippen molar-refractivity contribution in [3.05, 3.63) is 42.1 Å². The number of hydrogen-bond acceptors (Lipinski definition) is 4. The Morgan fingerprint density at radius 1 is 1.11 bits per heavy atom. The second kappa shape index (κ2) is 8.05. The van der Waals surface area contributed by atoms with Crippen LogP contribution in [0.1, 0.15) is 39.2 Å². The molecule has 2 aromatic heterocycles.